The fourth-order valence-electron chi connectivity index (χ4n) is 8.70. The van der Waals surface area contributed by atoms with Crippen LogP contribution in [-0.4, -0.2) is 5.71 Å². The van der Waals surface area contributed by atoms with Crippen LogP contribution in [0.15, 0.2) is 188 Å². The first-order valence-corrected chi connectivity index (χ1v) is 18.9. The zero-order chi connectivity index (χ0) is 37.8. The first kappa shape index (κ1) is 33.1. The Balaban J connectivity index is 1.17. The van der Waals surface area contributed by atoms with Crippen LogP contribution in [0, 0.1) is 16.7 Å². The van der Waals surface area contributed by atoms with Gasteiger partial charge in [0.15, 0.2) is 0 Å². The molecular formula is C53H35N3. The van der Waals surface area contributed by atoms with Gasteiger partial charge in [-0.15, -0.1) is 0 Å². The number of nitrogens with zero attached hydrogens (tertiary/aromatic N) is 2. The lowest BCUT2D eigenvalue weighted by molar-refractivity contribution is 1.27. The number of hydrogen-bond acceptors (Lipinski definition) is 3. The molecule has 0 saturated carbocycles. The van der Waals surface area contributed by atoms with Gasteiger partial charge in [0.25, 0.3) is 0 Å². The highest BCUT2D eigenvalue weighted by molar-refractivity contribution is 6.28. The first-order chi connectivity index (χ1) is 27.6. The van der Waals surface area contributed by atoms with Crippen molar-refractivity contribution in [2.24, 2.45) is 0 Å². The Morgan fingerprint density at radius 2 is 0.964 bits per heavy atom. The number of para-hydroxylation sites is 1. The molecule has 0 spiro atoms. The quantitative estimate of drug-likeness (QED) is 0.167. The molecule has 1 N–H and O–H groups in total. The third-order valence-electron chi connectivity index (χ3n) is 11.1. The minimum Gasteiger partial charge on any atom is -0.310 e. The number of fused-ring (bicyclic) bond motifs is 4. The van der Waals surface area contributed by atoms with Gasteiger partial charge in [-0.25, -0.2) is 0 Å². The van der Waals surface area contributed by atoms with Gasteiger partial charge in [0.2, 0.25) is 0 Å². The summed E-state index contributed by atoms with van der Waals surface area (Å²) in [6.07, 6.45) is 0. The van der Waals surface area contributed by atoms with Gasteiger partial charge in [-0.3, -0.25) is 0 Å². The molecule has 0 unspecified atom stereocenters. The first-order valence-electron chi connectivity index (χ1n) is 18.9. The van der Waals surface area contributed by atoms with Crippen LogP contribution in [0.3, 0.4) is 0 Å². The van der Waals surface area contributed by atoms with Gasteiger partial charge >= 0.3 is 0 Å². The van der Waals surface area contributed by atoms with Crippen molar-refractivity contribution in [1.82, 2.24) is 0 Å². The molecular weight excluding hydrogens is 679 g/mol. The molecule has 0 heterocycles. The molecule has 10 rings (SSSR count). The van der Waals surface area contributed by atoms with E-state index in [-0.39, 0.29) is 0 Å². The summed E-state index contributed by atoms with van der Waals surface area (Å²) in [5.74, 6) is 0. The molecule has 1 aliphatic rings. The maximum Gasteiger partial charge on any atom is 0.0992 e. The number of hydrogen-bond donors (Lipinski definition) is 1. The van der Waals surface area contributed by atoms with Crippen molar-refractivity contribution >= 4 is 44.3 Å². The third kappa shape index (κ3) is 5.31. The fraction of sp³-hybridized carbons (Fsp3) is 0.0189. The Bertz CT molecular complexity index is 2940. The molecule has 0 radical (unpaired) electrons. The summed E-state index contributed by atoms with van der Waals surface area (Å²) in [6.45, 7) is 1.76. The van der Waals surface area contributed by atoms with E-state index in [0.717, 1.165) is 28.2 Å². The predicted octanol–water partition coefficient (Wildman–Crippen LogP) is 14.4. The van der Waals surface area contributed by atoms with Crippen molar-refractivity contribution in [2.75, 3.05) is 4.90 Å². The largest absolute Gasteiger partial charge is 0.310 e. The van der Waals surface area contributed by atoms with Crippen LogP contribution in [0.2, 0.25) is 0 Å². The van der Waals surface area contributed by atoms with Gasteiger partial charge in [-0.05, 0) is 132 Å². The Kier molecular flexibility index (Phi) is 7.91. The van der Waals surface area contributed by atoms with E-state index in [1.54, 1.807) is 13.0 Å². The summed E-state index contributed by atoms with van der Waals surface area (Å²) in [5, 5.41) is 23.2. The van der Waals surface area contributed by atoms with E-state index in [9.17, 15) is 5.26 Å². The number of nitrogens with one attached hydrogen (secondary N) is 1. The normalized spacial score (nSPS) is 11.4. The number of nitriles is 1. The predicted molar refractivity (Wildman–Crippen MR) is 234 cm³/mol. The molecule has 9 aromatic rings. The molecule has 56 heavy (non-hydrogen) atoms. The zero-order valence-electron chi connectivity index (χ0n) is 30.8. The second-order valence-electron chi connectivity index (χ2n) is 14.4. The van der Waals surface area contributed by atoms with Crippen molar-refractivity contribution < 1.29 is 0 Å². The van der Waals surface area contributed by atoms with Crippen LogP contribution in [0.4, 0.5) is 17.1 Å². The molecule has 3 nitrogen and oxygen atoms in total. The number of benzene rings is 9. The van der Waals surface area contributed by atoms with Crippen molar-refractivity contribution in [1.29, 1.82) is 10.7 Å². The monoisotopic (exact) mass is 713 g/mol. The highest BCUT2D eigenvalue weighted by Gasteiger charge is 2.31. The van der Waals surface area contributed by atoms with E-state index in [0.29, 0.717) is 11.3 Å². The lowest BCUT2D eigenvalue weighted by Gasteiger charge is -2.26. The Morgan fingerprint density at radius 3 is 1.55 bits per heavy atom. The highest BCUT2D eigenvalue weighted by Crippen LogP contribution is 2.58. The van der Waals surface area contributed by atoms with Gasteiger partial charge in [0, 0.05) is 22.8 Å². The van der Waals surface area contributed by atoms with E-state index in [4.69, 9.17) is 5.41 Å². The fourth-order valence-corrected chi connectivity index (χ4v) is 8.70. The Hall–Kier alpha value is -7.54. The van der Waals surface area contributed by atoms with E-state index < -0.39 is 0 Å². The molecule has 3 heteroatoms. The van der Waals surface area contributed by atoms with Gasteiger partial charge in [0.05, 0.1) is 11.6 Å². The van der Waals surface area contributed by atoms with Crippen molar-refractivity contribution in [2.45, 2.75) is 6.92 Å². The average Bonchev–Trinajstić information content (AvgIpc) is 3.58. The topological polar surface area (TPSA) is 50.9 Å². The van der Waals surface area contributed by atoms with Crippen LogP contribution in [0.1, 0.15) is 18.1 Å². The molecule has 262 valence electrons. The number of rotatable bonds is 7. The summed E-state index contributed by atoms with van der Waals surface area (Å²) in [4.78, 5) is 2.15. The molecule has 0 atom stereocenters. The van der Waals surface area contributed by atoms with Crippen molar-refractivity contribution in [3.63, 3.8) is 0 Å². The smallest absolute Gasteiger partial charge is 0.0992 e. The highest BCUT2D eigenvalue weighted by atomic mass is 15.1. The maximum absolute atomic E-state index is 9.90. The second-order valence-corrected chi connectivity index (χ2v) is 14.4. The van der Waals surface area contributed by atoms with Gasteiger partial charge in [0.1, 0.15) is 0 Å². The minimum absolute atomic E-state index is 0.417. The summed E-state index contributed by atoms with van der Waals surface area (Å²) < 4.78 is 0. The molecule has 0 aliphatic heterocycles. The van der Waals surface area contributed by atoms with Crippen LogP contribution in [-0.2, 0) is 0 Å². The van der Waals surface area contributed by atoms with Crippen molar-refractivity contribution in [3.8, 4) is 61.7 Å². The number of anilines is 3. The zero-order valence-corrected chi connectivity index (χ0v) is 30.8. The molecule has 0 aromatic heterocycles. The molecule has 9 aromatic carbocycles. The summed E-state index contributed by atoms with van der Waals surface area (Å²) in [6, 6.07) is 68.9. The molecule has 0 saturated heterocycles. The summed E-state index contributed by atoms with van der Waals surface area (Å²) >= 11 is 0. The maximum atomic E-state index is 9.90. The Morgan fingerprint density at radius 1 is 0.446 bits per heavy atom. The van der Waals surface area contributed by atoms with E-state index in [1.165, 1.54) is 71.6 Å². The lowest BCUT2D eigenvalue weighted by Crippen LogP contribution is -2.11. The van der Waals surface area contributed by atoms with Crippen LogP contribution >= 0.6 is 0 Å². The molecule has 0 fully saturated rings. The van der Waals surface area contributed by atoms with Crippen molar-refractivity contribution in [3.05, 3.63) is 199 Å². The summed E-state index contributed by atoms with van der Waals surface area (Å²) in [7, 11) is 0. The van der Waals surface area contributed by atoms with Gasteiger partial charge < -0.3 is 10.3 Å². The van der Waals surface area contributed by atoms with E-state index in [1.807, 2.05) is 30.3 Å². The van der Waals surface area contributed by atoms with Crippen LogP contribution in [0.25, 0.3) is 77.2 Å². The average molecular weight is 714 g/mol. The molecule has 1 aliphatic carbocycles. The van der Waals surface area contributed by atoms with E-state index in [2.05, 4.69) is 163 Å². The SMILES string of the molecule is CC(=N)c1cc(C#N)cc(N(c2ccccc2)c2ccc(-c3ccc4c5c(cccc35)-c3c-4c(-c4ccccc4)c4ccccc4c3-c3ccccc3)cc2)c1. The van der Waals surface area contributed by atoms with Crippen LogP contribution in [0.5, 0.6) is 0 Å². The lowest BCUT2D eigenvalue weighted by atomic mass is 9.82. The standard InChI is InChI=1S/C53H35N3/c1-34(55)39-30-35(33-54)31-42(32-39)56(40-18-9-4-10-19-40)41-26-24-36(25-27-41)43-28-29-48-51-44(43)22-13-23-47(51)52-49(37-14-5-2-6-15-37)45-20-11-12-21-46(45)50(53(48)52)38-16-7-3-8-17-38/h2-32,55H,1H3. The van der Waals surface area contributed by atoms with E-state index >= 15 is 0 Å². The van der Waals surface area contributed by atoms with Crippen LogP contribution < -0.4 is 4.90 Å². The minimum atomic E-state index is 0.417. The van der Waals surface area contributed by atoms with Gasteiger partial charge in [-0.1, -0.05) is 146 Å². The summed E-state index contributed by atoms with van der Waals surface area (Å²) in [5.41, 5.74) is 16.8. The Labute approximate surface area is 326 Å². The third-order valence-corrected chi connectivity index (χ3v) is 11.1. The second kappa shape index (κ2) is 13.4. The molecule has 0 amide bonds. The molecule has 0 bridgehead atoms. The van der Waals surface area contributed by atoms with Gasteiger partial charge in [-0.2, -0.15) is 5.26 Å².